The van der Waals surface area contributed by atoms with E-state index in [4.69, 9.17) is 5.84 Å². The van der Waals surface area contributed by atoms with Gasteiger partial charge in [-0.05, 0) is 11.6 Å². The lowest BCUT2D eigenvalue weighted by molar-refractivity contribution is -0.384. The number of pyridine rings is 1. The molecule has 1 unspecified atom stereocenters. The van der Waals surface area contributed by atoms with E-state index >= 15 is 0 Å². The molecule has 0 radical (unpaired) electrons. The summed E-state index contributed by atoms with van der Waals surface area (Å²) in [6.45, 7) is -0.233. The Morgan fingerprint density at radius 1 is 1.29 bits per heavy atom. The van der Waals surface area contributed by atoms with Gasteiger partial charge in [-0.25, -0.2) is 10.8 Å². The number of anilines is 2. The Kier molecular flexibility index (Phi) is 4.64. The van der Waals surface area contributed by atoms with E-state index in [0.717, 1.165) is 5.56 Å². The minimum atomic E-state index is -0.547. The van der Waals surface area contributed by atoms with Crippen LogP contribution in [0.25, 0.3) is 0 Å². The molecule has 1 atom stereocenters. The van der Waals surface area contributed by atoms with Gasteiger partial charge in [0.15, 0.2) is 0 Å². The highest BCUT2D eigenvalue weighted by Gasteiger charge is 2.20. The fourth-order valence-corrected chi connectivity index (χ4v) is 1.87. The second-order valence-corrected chi connectivity index (χ2v) is 4.26. The lowest BCUT2D eigenvalue weighted by atomic mass is 10.1. The SMILES string of the molecule is NNc1ccc([N+](=O)[O-])c(NC(CO)c2ccccc2)n1. The molecule has 0 bridgehead atoms. The summed E-state index contributed by atoms with van der Waals surface area (Å²) in [5, 5.41) is 23.4. The predicted octanol–water partition coefficient (Wildman–Crippen LogP) is 1.42. The van der Waals surface area contributed by atoms with Crippen molar-refractivity contribution < 1.29 is 10.0 Å². The predicted molar refractivity (Wildman–Crippen MR) is 78.6 cm³/mol. The number of hydrazine groups is 1. The molecule has 0 fully saturated rings. The van der Waals surface area contributed by atoms with Gasteiger partial charge in [-0.1, -0.05) is 30.3 Å². The molecule has 8 nitrogen and oxygen atoms in total. The number of aliphatic hydroxyl groups excluding tert-OH is 1. The van der Waals surface area contributed by atoms with E-state index in [0.29, 0.717) is 0 Å². The number of nitro groups is 1. The number of nitrogen functional groups attached to an aromatic ring is 1. The Labute approximate surface area is 120 Å². The van der Waals surface area contributed by atoms with Gasteiger partial charge >= 0.3 is 5.69 Å². The minimum absolute atomic E-state index is 0.0401. The van der Waals surface area contributed by atoms with Gasteiger partial charge in [-0.2, -0.15) is 0 Å². The fourth-order valence-electron chi connectivity index (χ4n) is 1.87. The second-order valence-electron chi connectivity index (χ2n) is 4.26. The number of hydrogen-bond donors (Lipinski definition) is 4. The number of benzene rings is 1. The lowest BCUT2D eigenvalue weighted by Crippen LogP contribution is -2.17. The summed E-state index contributed by atoms with van der Waals surface area (Å²) in [6.07, 6.45) is 0. The van der Waals surface area contributed by atoms with Crippen LogP contribution in [0.4, 0.5) is 17.3 Å². The van der Waals surface area contributed by atoms with Crippen molar-refractivity contribution in [3.63, 3.8) is 0 Å². The molecule has 0 aliphatic heterocycles. The molecular formula is C13H15N5O3. The van der Waals surface area contributed by atoms with E-state index in [1.807, 2.05) is 30.3 Å². The van der Waals surface area contributed by atoms with Crippen molar-refractivity contribution in [1.29, 1.82) is 0 Å². The molecule has 21 heavy (non-hydrogen) atoms. The van der Waals surface area contributed by atoms with Crippen LogP contribution < -0.4 is 16.6 Å². The third kappa shape index (κ3) is 3.44. The number of nitrogens with one attached hydrogen (secondary N) is 2. The van der Waals surface area contributed by atoms with E-state index in [-0.39, 0.29) is 23.9 Å². The monoisotopic (exact) mass is 289 g/mol. The van der Waals surface area contributed by atoms with Crippen molar-refractivity contribution in [3.8, 4) is 0 Å². The smallest absolute Gasteiger partial charge is 0.311 e. The van der Waals surface area contributed by atoms with Crippen LogP contribution in [0.15, 0.2) is 42.5 Å². The van der Waals surface area contributed by atoms with Gasteiger partial charge in [0.1, 0.15) is 5.82 Å². The van der Waals surface area contributed by atoms with Gasteiger partial charge < -0.3 is 15.8 Å². The zero-order chi connectivity index (χ0) is 15.2. The quantitative estimate of drug-likeness (QED) is 0.360. The van der Waals surface area contributed by atoms with Gasteiger partial charge in [0.2, 0.25) is 5.82 Å². The third-order valence-corrected chi connectivity index (χ3v) is 2.91. The fraction of sp³-hybridized carbons (Fsp3) is 0.154. The van der Waals surface area contributed by atoms with Crippen LogP contribution >= 0.6 is 0 Å². The molecule has 0 saturated heterocycles. The zero-order valence-electron chi connectivity index (χ0n) is 11.1. The highest BCUT2D eigenvalue weighted by atomic mass is 16.6. The number of nitrogens with zero attached hydrogens (tertiary/aromatic N) is 2. The van der Waals surface area contributed by atoms with Gasteiger partial charge in [0.25, 0.3) is 0 Å². The number of hydrogen-bond acceptors (Lipinski definition) is 7. The first-order valence-corrected chi connectivity index (χ1v) is 6.20. The average Bonchev–Trinajstić information content (AvgIpc) is 2.53. The first-order chi connectivity index (χ1) is 10.2. The van der Waals surface area contributed by atoms with E-state index in [2.05, 4.69) is 15.7 Å². The zero-order valence-corrected chi connectivity index (χ0v) is 11.1. The molecule has 110 valence electrons. The maximum Gasteiger partial charge on any atom is 0.311 e. The molecule has 0 amide bonds. The first-order valence-electron chi connectivity index (χ1n) is 6.20. The number of nitrogens with two attached hydrogens (primary N) is 1. The molecule has 0 spiro atoms. The van der Waals surface area contributed by atoms with Gasteiger partial charge in [0, 0.05) is 6.07 Å². The Balaban J connectivity index is 2.34. The van der Waals surface area contributed by atoms with E-state index in [9.17, 15) is 15.2 Å². The number of aromatic nitrogens is 1. The molecule has 0 saturated carbocycles. The Bertz CT molecular complexity index is 620. The summed E-state index contributed by atoms with van der Waals surface area (Å²) in [5.41, 5.74) is 2.93. The molecule has 5 N–H and O–H groups in total. The molecule has 2 rings (SSSR count). The van der Waals surface area contributed by atoms with Crippen molar-refractivity contribution in [3.05, 3.63) is 58.1 Å². The molecule has 1 aromatic heterocycles. The molecule has 0 aliphatic carbocycles. The summed E-state index contributed by atoms with van der Waals surface area (Å²) in [4.78, 5) is 14.5. The lowest BCUT2D eigenvalue weighted by Gasteiger charge is -2.17. The van der Waals surface area contributed by atoms with Crippen molar-refractivity contribution in [2.24, 2.45) is 5.84 Å². The van der Waals surface area contributed by atoms with Crippen LogP contribution in [-0.2, 0) is 0 Å². The standard InChI is InChI=1S/C13H15N5O3/c14-17-12-7-6-11(18(20)21)13(16-12)15-10(8-19)9-4-2-1-3-5-9/h1-7,10,19H,8,14H2,(H2,15,16,17). The summed E-state index contributed by atoms with van der Waals surface area (Å²) >= 11 is 0. The minimum Gasteiger partial charge on any atom is -0.394 e. The summed E-state index contributed by atoms with van der Waals surface area (Å²) in [6, 6.07) is 11.3. The highest BCUT2D eigenvalue weighted by Crippen LogP contribution is 2.27. The summed E-state index contributed by atoms with van der Waals surface area (Å²) < 4.78 is 0. The highest BCUT2D eigenvalue weighted by molar-refractivity contribution is 5.60. The Morgan fingerprint density at radius 3 is 2.57 bits per heavy atom. The van der Waals surface area contributed by atoms with Crippen LogP contribution in [0.2, 0.25) is 0 Å². The van der Waals surface area contributed by atoms with Crippen molar-refractivity contribution in [2.75, 3.05) is 17.3 Å². The van der Waals surface area contributed by atoms with Crippen LogP contribution in [-0.4, -0.2) is 21.6 Å². The van der Waals surface area contributed by atoms with Gasteiger partial charge in [-0.3, -0.25) is 10.1 Å². The normalized spacial score (nSPS) is 11.7. The van der Waals surface area contributed by atoms with Crippen molar-refractivity contribution in [1.82, 2.24) is 4.98 Å². The summed E-state index contributed by atoms with van der Waals surface area (Å²) in [5.74, 6) is 5.58. The van der Waals surface area contributed by atoms with E-state index in [1.54, 1.807) is 0 Å². The van der Waals surface area contributed by atoms with Crippen LogP contribution in [0.1, 0.15) is 11.6 Å². The largest absolute Gasteiger partial charge is 0.394 e. The Morgan fingerprint density at radius 2 is 2.00 bits per heavy atom. The summed E-state index contributed by atoms with van der Waals surface area (Å²) in [7, 11) is 0. The molecule has 1 aromatic carbocycles. The maximum absolute atomic E-state index is 11.0. The van der Waals surface area contributed by atoms with Crippen molar-refractivity contribution >= 4 is 17.3 Å². The Hall–Kier alpha value is -2.71. The van der Waals surface area contributed by atoms with Crippen LogP contribution in [0.3, 0.4) is 0 Å². The average molecular weight is 289 g/mol. The second kappa shape index (κ2) is 6.64. The molecule has 2 aromatic rings. The van der Waals surface area contributed by atoms with Crippen LogP contribution in [0, 0.1) is 10.1 Å². The molecule has 1 heterocycles. The van der Waals surface area contributed by atoms with E-state index in [1.165, 1.54) is 12.1 Å². The topological polar surface area (TPSA) is 126 Å². The molecular weight excluding hydrogens is 274 g/mol. The number of rotatable bonds is 6. The number of aliphatic hydroxyl groups is 1. The van der Waals surface area contributed by atoms with Crippen molar-refractivity contribution in [2.45, 2.75) is 6.04 Å². The maximum atomic E-state index is 11.0. The van der Waals surface area contributed by atoms with E-state index < -0.39 is 11.0 Å². The molecule has 0 aliphatic rings. The third-order valence-electron chi connectivity index (χ3n) is 2.91. The first kappa shape index (κ1) is 14.7. The van der Waals surface area contributed by atoms with Gasteiger partial charge in [0.05, 0.1) is 17.6 Å². The molecule has 8 heteroatoms. The van der Waals surface area contributed by atoms with Gasteiger partial charge in [-0.15, -0.1) is 0 Å². The van der Waals surface area contributed by atoms with Crippen LogP contribution in [0.5, 0.6) is 0 Å².